The zero-order valence-corrected chi connectivity index (χ0v) is 14.9. The minimum atomic E-state index is -1.55. The fourth-order valence-corrected chi connectivity index (χ4v) is 2.35. The van der Waals surface area contributed by atoms with Crippen molar-refractivity contribution in [3.8, 4) is 0 Å². The SMILES string of the molecule is O=[N+]([O-])OCC(CO[N+](=O)[O-])O[N+](=O)[O-].O=[N+]([O-])O[C@H]1CO[C@H]2[C@@H]1OC[C@H]2O[N+](=O)[O-]. The molecule has 2 fully saturated rings. The molecule has 0 radical (unpaired) electrons. The molecule has 2 heterocycles. The molecule has 22 heteroatoms. The highest BCUT2D eigenvalue weighted by molar-refractivity contribution is 4.94. The molecule has 0 bridgehead atoms. The number of ether oxygens (including phenoxy) is 2. The van der Waals surface area contributed by atoms with Crippen molar-refractivity contribution in [1.82, 2.24) is 0 Å². The van der Waals surface area contributed by atoms with Crippen LogP contribution in [0.4, 0.5) is 0 Å². The number of hydrogen-bond donors (Lipinski definition) is 0. The van der Waals surface area contributed by atoms with Gasteiger partial charge in [0.25, 0.3) is 25.4 Å². The summed E-state index contributed by atoms with van der Waals surface area (Å²) in [5.74, 6) is 0. The lowest BCUT2D eigenvalue weighted by atomic mass is 10.1. The molecule has 0 aromatic heterocycles. The van der Waals surface area contributed by atoms with Crippen LogP contribution in [0.3, 0.4) is 0 Å². The maximum atomic E-state index is 10.1. The molecule has 0 aromatic carbocycles. The van der Waals surface area contributed by atoms with Crippen molar-refractivity contribution in [1.29, 1.82) is 0 Å². The van der Waals surface area contributed by atoms with Gasteiger partial charge in [-0.3, -0.25) is 0 Å². The Morgan fingerprint density at radius 3 is 1.35 bits per heavy atom. The van der Waals surface area contributed by atoms with Crippen LogP contribution in [0, 0.1) is 50.6 Å². The van der Waals surface area contributed by atoms with Crippen LogP contribution >= 0.6 is 0 Å². The van der Waals surface area contributed by atoms with Gasteiger partial charge in [0.2, 0.25) is 0 Å². The van der Waals surface area contributed by atoms with Crippen LogP contribution in [0.5, 0.6) is 0 Å². The van der Waals surface area contributed by atoms with Crippen LogP contribution in [-0.4, -0.2) is 82.4 Å². The van der Waals surface area contributed by atoms with Gasteiger partial charge in [0.1, 0.15) is 25.4 Å². The number of nitrogens with zero attached hydrogens (tertiary/aromatic N) is 5. The van der Waals surface area contributed by atoms with Gasteiger partial charge in [-0.05, 0) is 0 Å². The van der Waals surface area contributed by atoms with E-state index >= 15 is 0 Å². The third-order valence-corrected chi connectivity index (χ3v) is 3.37. The highest BCUT2D eigenvalue weighted by Crippen LogP contribution is 2.30. The monoisotopic (exact) mass is 463 g/mol. The van der Waals surface area contributed by atoms with Gasteiger partial charge in [0.05, 0.1) is 13.2 Å². The van der Waals surface area contributed by atoms with E-state index in [1.54, 1.807) is 0 Å². The molecule has 2 saturated heterocycles. The van der Waals surface area contributed by atoms with Crippen molar-refractivity contribution in [3.05, 3.63) is 50.6 Å². The summed E-state index contributed by atoms with van der Waals surface area (Å²) >= 11 is 0. The third-order valence-electron chi connectivity index (χ3n) is 3.37. The Morgan fingerprint density at radius 1 is 0.677 bits per heavy atom. The van der Waals surface area contributed by atoms with Gasteiger partial charge >= 0.3 is 0 Å². The summed E-state index contributed by atoms with van der Waals surface area (Å²) in [5.41, 5.74) is 0. The zero-order chi connectivity index (χ0) is 23.6. The van der Waals surface area contributed by atoms with E-state index in [1.165, 1.54) is 0 Å². The molecule has 0 amide bonds. The molecule has 2 rings (SSSR count). The van der Waals surface area contributed by atoms with Crippen molar-refractivity contribution < 1.29 is 59.1 Å². The molecule has 0 saturated carbocycles. The van der Waals surface area contributed by atoms with E-state index in [-0.39, 0.29) is 13.2 Å². The van der Waals surface area contributed by atoms with Gasteiger partial charge in [0.15, 0.2) is 18.3 Å². The van der Waals surface area contributed by atoms with Crippen molar-refractivity contribution in [2.75, 3.05) is 26.4 Å². The highest BCUT2D eigenvalue weighted by Gasteiger charge is 2.51. The maximum Gasteiger partial charge on any atom is 0.294 e. The molecule has 22 nitrogen and oxygen atoms in total. The highest BCUT2D eigenvalue weighted by atomic mass is 17.0. The molecule has 0 aromatic rings. The molecule has 0 N–H and O–H groups in total. The lowest BCUT2D eigenvalue weighted by Gasteiger charge is -2.13. The van der Waals surface area contributed by atoms with Gasteiger partial charge in [-0.15, -0.1) is 50.6 Å². The van der Waals surface area contributed by atoms with Crippen molar-refractivity contribution in [2.45, 2.75) is 30.5 Å². The molecule has 0 spiro atoms. The van der Waals surface area contributed by atoms with Crippen LogP contribution < -0.4 is 0 Å². The van der Waals surface area contributed by atoms with E-state index in [0.29, 0.717) is 0 Å². The second kappa shape index (κ2) is 11.8. The number of hydrogen-bond acceptors (Lipinski definition) is 17. The average molecular weight is 463 g/mol. The Balaban J connectivity index is 0.000000311. The first-order chi connectivity index (χ1) is 14.5. The number of fused-ring (bicyclic) bond motifs is 1. The quantitative estimate of drug-likeness (QED) is 0.221. The Morgan fingerprint density at radius 2 is 1.06 bits per heavy atom. The van der Waals surface area contributed by atoms with Crippen molar-refractivity contribution in [2.24, 2.45) is 0 Å². The van der Waals surface area contributed by atoms with E-state index in [9.17, 15) is 50.6 Å². The molecular formula is C9H13N5O17. The second-order valence-corrected chi connectivity index (χ2v) is 5.32. The molecule has 176 valence electrons. The van der Waals surface area contributed by atoms with Gasteiger partial charge in [-0.25, -0.2) is 0 Å². The average Bonchev–Trinajstić information content (AvgIpc) is 3.20. The van der Waals surface area contributed by atoms with E-state index in [4.69, 9.17) is 9.47 Å². The minimum absolute atomic E-state index is 0.0477. The first-order valence-electron chi connectivity index (χ1n) is 7.70. The fraction of sp³-hybridized carbons (Fsp3) is 1.00. The van der Waals surface area contributed by atoms with Gasteiger partial charge in [-0.2, -0.15) is 0 Å². The van der Waals surface area contributed by atoms with E-state index < -0.39 is 69.2 Å². The molecule has 4 atom stereocenters. The lowest BCUT2D eigenvalue weighted by molar-refractivity contribution is -0.803. The predicted molar refractivity (Wildman–Crippen MR) is 81.0 cm³/mol. The van der Waals surface area contributed by atoms with Gasteiger partial charge in [-0.1, -0.05) is 0 Å². The van der Waals surface area contributed by atoms with E-state index in [0.717, 1.165) is 0 Å². The smallest absolute Gasteiger partial charge is 0.294 e. The summed E-state index contributed by atoms with van der Waals surface area (Å²) in [7, 11) is 0. The molecule has 0 unspecified atom stereocenters. The zero-order valence-electron chi connectivity index (χ0n) is 14.9. The van der Waals surface area contributed by atoms with Crippen LogP contribution in [0.1, 0.15) is 0 Å². The molecule has 0 aliphatic carbocycles. The van der Waals surface area contributed by atoms with E-state index in [2.05, 4.69) is 24.2 Å². The van der Waals surface area contributed by atoms with Gasteiger partial charge in [0, 0.05) is 0 Å². The van der Waals surface area contributed by atoms with Crippen LogP contribution in [0.15, 0.2) is 0 Å². The normalized spacial score (nSPS) is 23.5. The van der Waals surface area contributed by atoms with Crippen molar-refractivity contribution >= 4 is 0 Å². The first kappa shape index (κ1) is 25.0. The summed E-state index contributed by atoms with van der Waals surface area (Å²) in [5, 5.41) is 43.9. The van der Waals surface area contributed by atoms with E-state index in [1.807, 2.05) is 0 Å². The lowest BCUT2D eigenvalue weighted by Crippen LogP contribution is -2.35. The van der Waals surface area contributed by atoms with Crippen LogP contribution in [0.25, 0.3) is 0 Å². The minimum Gasteiger partial charge on any atom is -0.371 e. The fourth-order valence-electron chi connectivity index (χ4n) is 2.35. The van der Waals surface area contributed by atoms with Crippen molar-refractivity contribution in [3.63, 3.8) is 0 Å². The topological polar surface area (TPSA) is 280 Å². The summed E-state index contributed by atoms with van der Waals surface area (Å²) in [4.78, 5) is 69.4. The standard InChI is InChI=1S/C6H8N2O8.C3H5N3O9/c9-7(10)15-3-1-13-6-4(16-8(11)12)2-14-5(3)6;7-4(8)13-1-3(15-6(11)12)2-14-5(9)10/h3-6H,1-2H2;3H,1-2H2/t3-,4+,5-,6-;/m1./s1. The van der Waals surface area contributed by atoms with Gasteiger partial charge < -0.3 is 33.7 Å². The summed E-state index contributed by atoms with van der Waals surface area (Å²) in [6, 6.07) is 0. The van der Waals surface area contributed by atoms with Crippen LogP contribution in [0.2, 0.25) is 0 Å². The predicted octanol–water partition coefficient (Wildman–Crippen LogP) is -2.08. The Labute approximate surface area is 167 Å². The number of rotatable bonds is 12. The maximum absolute atomic E-state index is 10.1. The summed E-state index contributed by atoms with van der Waals surface area (Å²) < 4.78 is 10.2. The first-order valence-corrected chi connectivity index (χ1v) is 7.70. The largest absolute Gasteiger partial charge is 0.371 e. The summed E-state index contributed by atoms with van der Waals surface area (Å²) in [6.45, 7) is -1.79. The third kappa shape index (κ3) is 9.31. The molecular weight excluding hydrogens is 450 g/mol. The summed E-state index contributed by atoms with van der Waals surface area (Å²) in [6.07, 6.45) is -4.66. The molecule has 31 heavy (non-hydrogen) atoms. The Bertz CT molecular complexity index is 626. The molecule has 2 aliphatic heterocycles. The Hall–Kier alpha value is -4.08. The second-order valence-electron chi connectivity index (χ2n) is 5.32. The van der Waals surface area contributed by atoms with Crippen LogP contribution in [-0.2, 0) is 33.7 Å². The Kier molecular flexibility index (Phi) is 9.51. The molecule has 2 aliphatic rings.